The standard InChI is InChI=1S/C14H26N2O4/c1-13(2,3)10-5-7-16(8-6-10)12(19)15-9-14(4,20)11(17)18/h10,20H,5-9H2,1-4H3,(H,15,19)(H,17,18). The van der Waals surface area contributed by atoms with Crippen molar-refractivity contribution in [1.29, 1.82) is 0 Å². The van der Waals surface area contributed by atoms with Crippen molar-refractivity contribution < 1.29 is 19.8 Å². The molecule has 6 nitrogen and oxygen atoms in total. The molecule has 0 radical (unpaired) electrons. The lowest BCUT2D eigenvalue weighted by Crippen LogP contribution is -2.52. The third kappa shape index (κ3) is 4.37. The summed E-state index contributed by atoms with van der Waals surface area (Å²) in [5.41, 5.74) is -1.69. The number of carbonyl (C=O) groups excluding carboxylic acids is 1. The lowest BCUT2D eigenvalue weighted by Gasteiger charge is -2.38. The van der Waals surface area contributed by atoms with E-state index in [2.05, 4.69) is 26.1 Å². The van der Waals surface area contributed by atoms with Gasteiger partial charge in [-0.15, -0.1) is 0 Å². The Kier molecular flexibility index (Phi) is 5.02. The van der Waals surface area contributed by atoms with Crippen molar-refractivity contribution in [2.75, 3.05) is 19.6 Å². The molecule has 1 heterocycles. The van der Waals surface area contributed by atoms with Crippen LogP contribution < -0.4 is 5.32 Å². The van der Waals surface area contributed by atoms with Crippen molar-refractivity contribution in [2.45, 2.75) is 46.1 Å². The Hall–Kier alpha value is -1.30. The van der Waals surface area contributed by atoms with Crippen LogP contribution >= 0.6 is 0 Å². The van der Waals surface area contributed by atoms with Crippen LogP contribution in [-0.2, 0) is 4.79 Å². The molecule has 1 aliphatic heterocycles. The Morgan fingerprint density at radius 3 is 2.10 bits per heavy atom. The lowest BCUT2D eigenvalue weighted by molar-refractivity contribution is -0.155. The summed E-state index contributed by atoms with van der Waals surface area (Å²) in [6.45, 7) is 8.83. The number of aliphatic hydroxyl groups is 1. The lowest BCUT2D eigenvalue weighted by atomic mass is 9.75. The van der Waals surface area contributed by atoms with Gasteiger partial charge in [0.25, 0.3) is 0 Å². The fraction of sp³-hybridized carbons (Fsp3) is 0.857. The maximum absolute atomic E-state index is 11.9. The zero-order valence-electron chi connectivity index (χ0n) is 12.8. The summed E-state index contributed by atoms with van der Waals surface area (Å²) in [6, 6.07) is -0.307. The zero-order chi connectivity index (χ0) is 15.6. The summed E-state index contributed by atoms with van der Waals surface area (Å²) in [5.74, 6) is -0.752. The Morgan fingerprint density at radius 1 is 1.20 bits per heavy atom. The fourth-order valence-corrected chi connectivity index (χ4v) is 2.38. The van der Waals surface area contributed by atoms with Gasteiger partial charge in [0, 0.05) is 13.1 Å². The van der Waals surface area contributed by atoms with E-state index in [9.17, 15) is 14.7 Å². The van der Waals surface area contributed by atoms with Gasteiger partial charge in [-0.1, -0.05) is 20.8 Å². The van der Waals surface area contributed by atoms with Crippen molar-refractivity contribution in [3.63, 3.8) is 0 Å². The monoisotopic (exact) mass is 286 g/mol. The van der Waals surface area contributed by atoms with E-state index in [1.165, 1.54) is 6.92 Å². The van der Waals surface area contributed by atoms with E-state index in [0.29, 0.717) is 19.0 Å². The Bertz CT molecular complexity index is 366. The number of hydrogen-bond donors (Lipinski definition) is 3. The number of carboxylic acids is 1. The van der Waals surface area contributed by atoms with Gasteiger partial charge in [0.05, 0.1) is 6.54 Å². The highest BCUT2D eigenvalue weighted by Gasteiger charge is 2.33. The molecule has 0 saturated carbocycles. The minimum Gasteiger partial charge on any atom is -0.479 e. The van der Waals surface area contributed by atoms with E-state index >= 15 is 0 Å². The van der Waals surface area contributed by atoms with Crippen molar-refractivity contribution in [2.24, 2.45) is 11.3 Å². The Morgan fingerprint density at radius 2 is 1.70 bits per heavy atom. The third-order valence-electron chi connectivity index (χ3n) is 4.05. The molecule has 0 bridgehead atoms. The predicted octanol–water partition coefficient (Wildman–Crippen LogP) is 1.29. The minimum atomic E-state index is -1.93. The van der Waals surface area contributed by atoms with Gasteiger partial charge in [-0.2, -0.15) is 0 Å². The molecule has 6 heteroatoms. The van der Waals surface area contributed by atoms with Gasteiger partial charge in [0.2, 0.25) is 0 Å². The highest BCUT2D eigenvalue weighted by molar-refractivity contribution is 5.79. The Balaban J connectivity index is 2.42. The molecule has 0 aromatic carbocycles. The van der Waals surface area contributed by atoms with Crippen molar-refractivity contribution in [1.82, 2.24) is 10.2 Å². The van der Waals surface area contributed by atoms with E-state index in [1.807, 2.05) is 0 Å². The van der Waals surface area contributed by atoms with E-state index in [0.717, 1.165) is 12.8 Å². The fourth-order valence-electron chi connectivity index (χ4n) is 2.38. The van der Waals surface area contributed by atoms with E-state index < -0.39 is 11.6 Å². The SMILES string of the molecule is CC(O)(CNC(=O)N1CCC(C(C)(C)C)CC1)C(=O)O. The van der Waals surface area contributed by atoms with E-state index in [1.54, 1.807) is 4.90 Å². The van der Waals surface area contributed by atoms with Crippen LogP contribution in [0.25, 0.3) is 0 Å². The number of likely N-dealkylation sites (tertiary alicyclic amines) is 1. The van der Waals surface area contributed by atoms with Gasteiger partial charge >= 0.3 is 12.0 Å². The normalized spacial score (nSPS) is 20.4. The molecule has 1 rings (SSSR count). The molecule has 1 aliphatic rings. The average molecular weight is 286 g/mol. The van der Waals surface area contributed by atoms with Gasteiger partial charge in [0.1, 0.15) is 0 Å². The summed E-state index contributed by atoms with van der Waals surface area (Å²) >= 11 is 0. The first kappa shape index (κ1) is 16.8. The first-order valence-electron chi connectivity index (χ1n) is 7.02. The molecule has 116 valence electrons. The molecule has 1 saturated heterocycles. The molecular weight excluding hydrogens is 260 g/mol. The molecule has 1 fully saturated rings. The average Bonchev–Trinajstić information content (AvgIpc) is 2.35. The van der Waals surface area contributed by atoms with Gasteiger partial charge in [-0.3, -0.25) is 0 Å². The molecule has 20 heavy (non-hydrogen) atoms. The van der Waals surface area contributed by atoms with Crippen LogP contribution in [0.5, 0.6) is 0 Å². The molecule has 1 unspecified atom stereocenters. The highest BCUT2D eigenvalue weighted by Crippen LogP contribution is 2.34. The molecule has 0 aromatic rings. The second-order valence-electron chi connectivity index (χ2n) is 6.87. The number of carboxylic acid groups (broad SMARTS) is 1. The van der Waals surface area contributed by atoms with Crippen LogP contribution in [0.1, 0.15) is 40.5 Å². The topological polar surface area (TPSA) is 89.9 Å². The number of carbonyl (C=O) groups is 2. The summed E-state index contributed by atoms with van der Waals surface area (Å²) in [6.07, 6.45) is 1.90. The van der Waals surface area contributed by atoms with Crippen LogP contribution in [0, 0.1) is 11.3 Å². The molecule has 0 aromatic heterocycles. The van der Waals surface area contributed by atoms with Crippen LogP contribution in [0.4, 0.5) is 4.79 Å². The third-order valence-corrected chi connectivity index (χ3v) is 4.05. The number of piperidine rings is 1. The number of rotatable bonds is 3. The van der Waals surface area contributed by atoms with Crippen LogP contribution in [-0.4, -0.2) is 52.3 Å². The summed E-state index contributed by atoms with van der Waals surface area (Å²) < 4.78 is 0. The first-order valence-corrected chi connectivity index (χ1v) is 7.02. The molecule has 1 atom stereocenters. The molecule has 2 amide bonds. The van der Waals surface area contributed by atoms with Crippen molar-refractivity contribution in [3.05, 3.63) is 0 Å². The van der Waals surface area contributed by atoms with Gasteiger partial charge in [0.15, 0.2) is 5.60 Å². The van der Waals surface area contributed by atoms with Crippen LogP contribution in [0.2, 0.25) is 0 Å². The smallest absolute Gasteiger partial charge is 0.337 e. The Labute approximate surface area is 120 Å². The van der Waals surface area contributed by atoms with Crippen LogP contribution in [0.15, 0.2) is 0 Å². The van der Waals surface area contributed by atoms with Gasteiger partial charge in [-0.25, -0.2) is 9.59 Å². The van der Waals surface area contributed by atoms with Gasteiger partial charge < -0.3 is 20.4 Å². The number of nitrogens with zero attached hydrogens (tertiary/aromatic N) is 1. The minimum absolute atomic E-state index is 0.246. The maximum Gasteiger partial charge on any atom is 0.337 e. The number of aliphatic carboxylic acids is 1. The molecule has 3 N–H and O–H groups in total. The number of nitrogens with one attached hydrogen (secondary N) is 1. The maximum atomic E-state index is 11.9. The largest absolute Gasteiger partial charge is 0.479 e. The second kappa shape index (κ2) is 5.99. The van der Waals surface area contributed by atoms with E-state index in [4.69, 9.17) is 5.11 Å². The first-order chi connectivity index (χ1) is 9.04. The highest BCUT2D eigenvalue weighted by atomic mass is 16.4. The van der Waals surface area contributed by atoms with Crippen molar-refractivity contribution in [3.8, 4) is 0 Å². The summed E-state index contributed by atoms with van der Waals surface area (Å²) in [4.78, 5) is 24.4. The number of hydrogen-bond acceptors (Lipinski definition) is 3. The summed E-state index contributed by atoms with van der Waals surface area (Å²) in [7, 11) is 0. The predicted molar refractivity (Wildman–Crippen MR) is 75.4 cm³/mol. The van der Waals surface area contributed by atoms with Crippen molar-refractivity contribution >= 4 is 12.0 Å². The van der Waals surface area contributed by atoms with Gasteiger partial charge in [-0.05, 0) is 31.1 Å². The van der Waals surface area contributed by atoms with Crippen LogP contribution in [0.3, 0.4) is 0 Å². The zero-order valence-corrected chi connectivity index (χ0v) is 12.8. The van der Waals surface area contributed by atoms with E-state index in [-0.39, 0.29) is 18.0 Å². The number of amides is 2. The molecule has 0 aliphatic carbocycles. The summed E-state index contributed by atoms with van der Waals surface area (Å²) in [5, 5.41) is 20.8. The molecular formula is C14H26N2O4. The second-order valence-corrected chi connectivity index (χ2v) is 6.87. The quantitative estimate of drug-likeness (QED) is 0.729. The number of urea groups is 1. The molecule has 0 spiro atoms.